The number of aromatic nitrogens is 3. The minimum Gasteiger partial charge on any atom is -0.474 e. The minimum atomic E-state index is -0.333. The van der Waals surface area contributed by atoms with Crippen LogP contribution in [0.3, 0.4) is 0 Å². The number of hydrogen-bond donors (Lipinski definition) is 2. The summed E-state index contributed by atoms with van der Waals surface area (Å²) in [6.45, 7) is 0. The second-order valence-electron chi connectivity index (χ2n) is 5.69. The van der Waals surface area contributed by atoms with Gasteiger partial charge in [0.2, 0.25) is 5.88 Å². The normalized spacial score (nSPS) is 20.4. The molecule has 0 unspecified atom stereocenters. The van der Waals surface area contributed by atoms with Gasteiger partial charge < -0.3 is 10.1 Å². The van der Waals surface area contributed by atoms with E-state index in [9.17, 15) is 9.59 Å². The van der Waals surface area contributed by atoms with Crippen LogP contribution in [-0.2, 0) is 0 Å². The van der Waals surface area contributed by atoms with Gasteiger partial charge in [-0.15, -0.1) is 0 Å². The molecular weight excluding hydrogens is 332 g/mol. The topological polar surface area (TPSA) is 97.0 Å². The summed E-state index contributed by atoms with van der Waals surface area (Å²) in [5.41, 5.74) is -0.127. The van der Waals surface area contributed by atoms with E-state index >= 15 is 0 Å². The number of halogens is 1. The van der Waals surface area contributed by atoms with Crippen LogP contribution in [-0.4, -0.2) is 33.2 Å². The summed E-state index contributed by atoms with van der Waals surface area (Å²) < 4.78 is 5.83. The van der Waals surface area contributed by atoms with Gasteiger partial charge in [0, 0.05) is 24.4 Å². The highest BCUT2D eigenvalue weighted by molar-refractivity contribution is 6.30. The second-order valence-corrected chi connectivity index (χ2v) is 6.12. The molecule has 1 aliphatic rings. The van der Waals surface area contributed by atoms with Gasteiger partial charge in [-0.25, -0.2) is 10.1 Å². The molecular formula is C16H17ClN4O3. The monoisotopic (exact) mass is 348 g/mol. The first-order chi connectivity index (χ1) is 11.6. The zero-order valence-electron chi connectivity index (χ0n) is 12.9. The fourth-order valence-corrected chi connectivity index (χ4v) is 2.77. The standard InChI is InChI=1S/C16H17ClN4O3/c17-10-1-8-15(18-9-10)24-12-4-2-11(3-5-12)19-16(23)13-6-7-14(22)21-20-13/h1,6-9,11-12H,2-5H2,(H,19,23)(H,21,22). The molecule has 0 spiro atoms. The summed E-state index contributed by atoms with van der Waals surface area (Å²) in [6, 6.07) is 6.26. The van der Waals surface area contributed by atoms with Crippen molar-refractivity contribution in [3.05, 3.63) is 51.5 Å². The molecule has 1 amide bonds. The van der Waals surface area contributed by atoms with Crippen LogP contribution in [0.1, 0.15) is 36.2 Å². The summed E-state index contributed by atoms with van der Waals surface area (Å²) in [6.07, 6.45) is 4.92. The largest absolute Gasteiger partial charge is 0.474 e. The first kappa shape index (κ1) is 16.4. The van der Waals surface area contributed by atoms with E-state index in [-0.39, 0.29) is 29.3 Å². The van der Waals surface area contributed by atoms with Crippen molar-refractivity contribution in [1.29, 1.82) is 0 Å². The molecule has 2 heterocycles. The molecule has 7 nitrogen and oxygen atoms in total. The van der Waals surface area contributed by atoms with E-state index in [2.05, 4.69) is 20.5 Å². The van der Waals surface area contributed by atoms with Crippen molar-refractivity contribution < 1.29 is 9.53 Å². The van der Waals surface area contributed by atoms with Gasteiger partial charge in [-0.1, -0.05) is 11.6 Å². The SMILES string of the molecule is O=C(NC1CCC(Oc2ccc(Cl)cn2)CC1)c1ccc(=O)[nH]n1. The van der Waals surface area contributed by atoms with Gasteiger partial charge in [-0.2, -0.15) is 5.10 Å². The van der Waals surface area contributed by atoms with E-state index in [4.69, 9.17) is 16.3 Å². The van der Waals surface area contributed by atoms with Crippen LogP contribution in [0.4, 0.5) is 0 Å². The van der Waals surface area contributed by atoms with E-state index in [1.807, 2.05) is 0 Å². The molecule has 2 aromatic heterocycles. The molecule has 0 atom stereocenters. The Kier molecular flexibility index (Phi) is 5.10. The smallest absolute Gasteiger partial charge is 0.271 e. The first-order valence-corrected chi connectivity index (χ1v) is 8.13. The highest BCUT2D eigenvalue weighted by atomic mass is 35.5. The summed E-state index contributed by atoms with van der Waals surface area (Å²) in [5.74, 6) is 0.277. The van der Waals surface area contributed by atoms with Crippen LogP contribution < -0.4 is 15.6 Å². The van der Waals surface area contributed by atoms with Crippen LogP contribution in [0.25, 0.3) is 0 Å². The molecule has 24 heavy (non-hydrogen) atoms. The lowest BCUT2D eigenvalue weighted by molar-refractivity contribution is 0.0884. The second kappa shape index (κ2) is 7.44. The average Bonchev–Trinajstić information content (AvgIpc) is 2.59. The summed E-state index contributed by atoms with van der Waals surface area (Å²) >= 11 is 5.80. The lowest BCUT2D eigenvalue weighted by Gasteiger charge is -2.29. The maximum atomic E-state index is 12.1. The van der Waals surface area contributed by atoms with E-state index in [1.54, 1.807) is 18.3 Å². The van der Waals surface area contributed by atoms with Crippen molar-refractivity contribution in [2.75, 3.05) is 0 Å². The van der Waals surface area contributed by atoms with Crippen LogP contribution >= 0.6 is 11.6 Å². The van der Waals surface area contributed by atoms with Gasteiger partial charge in [-0.3, -0.25) is 9.59 Å². The van der Waals surface area contributed by atoms with Crippen LogP contribution in [0, 0.1) is 0 Å². The molecule has 2 aromatic rings. The summed E-state index contributed by atoms with van der Waals surface area (Å²) in [4.78, 5) is 27.2. The molecule has 126 valence electrons. The number of aromatic amines is 1. The quantitative estimate of drug-likeness (QED) is 0.880. The first-order valence-electron chi connectivity index (χ1n) is 7.75. The van der Waals surface area contributed by atoms with Gasteiger partial charge >= 0.3 is 0 Å². The Morgan fingerprint density at radius 3 is 2.62 bits per heavy atom. The molecule has 0 bridgehead atoms. The number of nitrogens with one attached hydrogen (secondary N) is 2. The van der Waals surface area contributed by atoms with E-state index in [1.165, 1.54) is 12.1 Å². The molecule has 8 heteroatoms. The number of pyridine rings is 1. The van der Waals surface area contributed by atoms with E-state index in [0.29, 0.717) is 10.9 Å². The third-order valence-electron chi connectivity index (χ3n) is 3.91. The Bertz CT molecular complexity index is 734. The zero-order valence-corrected chi connectivity index (χ0v) is 13.6. The van der Waals surface area contributed by atoms with Crippen molar-refractivity contribution in [3.63, 3.8) is 0 Å². The lowest BCUT2D eigenvalue weighted by atomic mass is 9.93. The fraction of sp³-hybridized carbons (Fsp3) is 0.375. The van der Waals surface area contributed by atoms with Crippen molar-refractivity contribution >= 4 is 17.5 Å². The fourth-order valence-electron chi connectivity index (χ4n) is 2.66. The molecule has 0 saturated heterocycles. The molecule has 2 N–H and O–H groups in total. The van der Waals surface area contributed by atoms with E-state index in [0.717, 1.165) is 25.7 Å². The van der Waals surface area contributed by atoms with Gasteiger partial charge in [0.1, 0.15) is 11.8 Å². The molecule has 0 radical (unpaired) electrons. The maximum Gasteiger partial charge on any atom is 0.271 e. The van der Waals surface area contributed by atoms with Crippen molar-refractivity contribution in [1.82, 2.24) is 20.5 Å². The number of H-pyrrole nitrogens is 1. The number of carbonyl (C=O) groups is 1. The Labute approximate surface area is 143 Å². The lowest BCUT2D eigenvalue weighted by Crippen LogP contribution is -2.40. The molecule has 1 fully saturated rings. The molecule has 1 aliphatic carbocycles. The number of nitrogens with zero attached hydrogens (tertiary/aromatic N) is 2. The number of carbonyl (C=O) groups excluding carboxylic acids is 1. The molecule has 0 aliphatic heterocycles. The van der Waals surface area contributed by atoms with Crippen molar-refractivity contribution in [3.8, 4) is 5.88 Å². The minimum absolute atomic E-state index is 0.0734. The number of ether oxygens (including phenoxy) is 1. The van der Waals surface area contributed by atoms with Crippen molar-refractivity contribution in [2.24, 2.45) is 0 Å². The summed E-state index contributed by atoms with van der Waals surface area (Å²) in [5, 5.41) is 9.49. The molecule has 3 rings (SSSR count). The van der Waals surface area contributed by atoms with Gasteiger partial charge in [0.05, 0.1) is 5.02 Å². The summed E-state index contributed by atoms with van der Waals surface area (Å²) in [7, 11) is 0. The van der Waals surface area contributed by atoms with Gasteiger partial charge in [0.15, 0.2) is 0 Å². The predicted molar refractivity (Wildman–Crippen MR) is 88.2 cm³/mol. The third kappa shape index (κ3) is 4.32. The number of amides is 1. The maximum absolute atomic E-state index is 12.1. The Morgan fingerprint density at radius 2 is 2.00 bits per heavy atom. The van der Waals surface area contributed by atoms with Crippen LogP contribution in [0.2, 0.25) is 5.02 Å². The zero-order chi connectivity index (χ0) is 16.9. The molecule has 0 aromatic carbocycles. The molecule has 1 saturated carbocycles. The predicted octanol–water partition coefficient (Wildman–Crippen LogP) is 1.94. The number of hydrogen-bond acceptors (Lipinski definition) is 5. The van der Waals surface area contributed by atoms with Crippen molar-refractivity contribution in [2.45, 2.75) is 37.8 Å². The van der Waals surface area contributed by atoms with E-state index < -0.39 is 0 Å². The highest BCUT2D eigenvalue weighted by Gasteiger charge is 2.24. The van der Waals surface area contributed by atoms with Crippen LogP contribution in [0.5, 0.6) is 5.88 Å². The Hall–Kier alpha value is -2.41. The Morgan fingerprint density at radius 1 is 1.21 bits per heavy atom. The highest BCUT2D eigenvalue weighted by Crippen LogP contribution is 2.23. The van der Waals surface area contributed by atoms with Gasteiger partial charge in [-0.05, 0) is 37.8 Å². The average molecular weight is 349 g/mol. The Balaban J connectivity index is 1.48. The third-order valence-corrected chi connectivity index (χ3v) is 4.13. The van der Waals surface area contributed by atoms with Gasteiger partial charge in [0.25, 0.3) is 11.5 Å². The van der Waals surface area contributed by atoms with Crippen LogP contribution in [0.15, 0.2) is 35.3 Å². The number of rotatable bonds is 4.